The van der Waals surface area contributed by atoms with E-state index in [2.05, 4.69) is 21.2 Å². The fraction of sp³-hybridized carbons (Fsp3) is 0.0435. The third kappa shape index (κ3) is 5.84. The Bertz CT molecular complexity index is 1230. The zero-order valence-electron chi connectivity index (χ0n) is 16.0. The molecule has 0 unspecified atom stereocenters. The van der Waals surface area contributed by atoms with E-state index in [9.17, 15) is 24.6 Å². The van der Waals surface area contributed by atoms with Gasteiger partial charge >= 0.3 is 0 Å². The highest BCUT2D eigenvalue weighted by Crippen LogP contribution is 2.23. The minimum absolute atomic E-state index is 0.176. The number of nitrogens with zero attached hydrogens (tertiary/aromatic N) is 2. The first-order valence-electron chi connectivity index (χ1n) is 9.06. The highest BCUT2D eigenvalue weighted by molar-refractivity contribution is 9.10. The van der Waals surface area contributed by atoms with E-state index in [1.807, 2.05) is 18.2 Å². The summed E-state index contributed by atoms with van der Waals surface area (Å²) in [5, 5.41) is 22.9. The van der Waals surface area contributed by atoms with Crippen LogP contribution in [-0.4, -0.2) is 10.8 Å². The molecular weight excluding hydrogens is 465 g/mol. The number of hydrogen-bond donors (Lipinski definition) is 1. The van der Waals surface area contributed by atoms with Crippen LogP contribution >= 0.6 is 15.9 Å². The van der Waals surface area contributed by atoms with Crippen molar-refractivity contribution in [2.45, 2.75) is 6.42 Å². The minimum atomic E-state index is -0.695. The maximum Gasteiger partial charge on any atom is 0.271 e. The van der Waals surface area contributed by atoms with Gasteiger partial charge in [-0.05, 0) is 59.5 Å². The molecule has 0 spiro atoms. The monoisotopic (exact) mass is 479 g/mol. The van der Waals surface area contributed by atoms with Gasteiger partial charge in [0.25, 0.3) is 11.6 Å². The van der Waals surface area contributed by atoms with E-state index in [1.165, 1.54) is 42.5 Å². The van der Waals surface area contributed by atoms with Crippen molar-refractivity contribution in [3.05, 3.63) is 109 Å². The molecule has 3 rings (SSSR count). The molecule has 0 bridgehead atoms. The average Bonchev–Trinajstić information content (AvgIpc) is 2.74. The number of amides is 1. The molecule has 1 amide bonds. The second-order valence-corrected chi connectivity index (χ2v) is 7.50. The van der Waals surface area contributed by atoms with Crippen LogP contribution in [0.1, 0.15) is 16.7 Å². The van der Waals surface area contributed by atoms with Gasteiger partial charge in [0.15, 0.2) is 0 Å². The van der Waals surface area contributed by atoms with Crippen LogP contribution in [0.3, 0.4) is 0 Å². The van der Waals surface area contributed by atoms with E-state index in [0.29, 0.717) is 12.0 Å². The summed E-state index contributed by atoms with van der Waals surface area (Å²) in [7, 11) is 0. The molecule has 0 atom stereocenters. The van der Waals surface area contributed by atoms with Gasteiger partial charge in [-0.3, -0.25) is 14.9 Å². The quantitative estimate of drug-likeness (QED) is 0.214. The lowest BCUT2D eigenvalue weighted by molar-refractivity contribution is -0.384. The predicted octanol–water partition coefficient (Wildman–Crippen LogP) is 5.63. The number of anilines is 1. The van der Waals surface area contributed by atoms with E-state index < -0.39 is 10.8 Å². The highest BCUT2D eigenvalue weighted by Gasteiger charge is 2.14. The number of carbonyl (C=O) groups excluding carboxylic acids is 1. The van der Waals surface area contributed by atoms with Crippen LogP contribution in [0.5, 0.6) is 0 Å². The first-order chi connectivity index (χ1) is 14.9. The van der Waals surface area contributed by atoms with Gasteiger partial charge in [-0.2, -0.15) is 5.26 Å². The highest BCUT2D eigenvalue weighted by atomic mass is 79.9. The molecule has 31 heavy (non-hydrogen) atoms. The Morgan fingerprint density at radius 1 is 1.16 bits per heavy atom. The summed E-state index contributed by atoms with van der Waals surface area (Å²) in [5.74, 6) is -1.04. The first kappa shape index (κ1) is 21.9. The van der Waals surface area contributed by atoms with E-state index in [-0.39, 0.29) is 22.8 Å². The van der Waals surface area contributed by atoms with Gasteiger partial charge in [0.2, 0.25) is 0 Å². The summed E-state index contributed by atoms with van der Waals surface area (Å²) in [5.41, 5.74) is 2.01. The molecule has 0 aliphatic heterocycles. The van der Waals surface area contributed by atoms with E-state index in [4.69, 9.17) is 0 Å². The number of nitro benzene ring substituents is 1. The fourth-order valence-corrected chi connectivity index (χ4v) is 3.31. The largest absolute Gasteiger partial charge is 0.321 e. The average molecular weight is 480 g/mol. The van der Waals surface area contributed by atoms with Gasteiger partial charge in [-0.15, -0.1) is 0 Å². The second-order valence-electron chi connectivity index (χ2n) is 6.58. The standard InChI is InChI=1S/C23H15BrFN3O3/c24-19-8-7-16(9-15-3-1-4-20(25)10-15)17(12-19)11-18(14-26)23(29)27-21-5-2-6-22(13-21)28(30)31/h1-8,10-13H,9H2,(H,27,29)/b18-11+. The molecule has 0 radical (unpaired) electrons. The zero-order chi connectivity index (χ0) is 22.4. The number of benzene rings is 3. The zero-order valence-corrected chi connectivity index (χ0v) is 17.6. The van der Waals surface area contributed by atoms with Crippen molar-refractivity contribution in [1.29, 1.82) is 5.26 Å². The molecule has 8 heteroatoms. The smallest absolute Gasteiger partial charge is 0.271 e. The Morgan fingerprint density at radius 2 is 1.94 bits per heavy atom. The molecule has 3 aromatic rings. The van der Waals surface area contributed by atoms with Gasteiger partial charge < -0.3 is 5.32 Å². The van der Waals surface area contributed by atoms with Gasteiger partial charge in [0.1, 0.15) is 17.5 Å². The van der Waals surface area contributed by atoms with Crippen molar-refractivity contribution in [3.63, 3.8) is 0 Å². The van der Waals surface area contributed by atoms with Crippen molar-refractivity contribution in [2.24, 2.45) is 0 Å². The molecule has 154 valence electrons. The molecule has 0 aliphatic carbocycles. The summed E-state index contributed by atoms with van der Waals surface area (Å²) < 4.78 is 14.3. The number of rotatable bonds is 6. The van der Waals surface area contributed by atoms with Crippen molar-refractivity contribution in [1.82, 2.24) is 0 Å². The lowest BCUT2D eigenvalue weighted by Gasteiger charge is -2.09. The van der Waals surface area contributed by atoms with Crippen LogP contribution in [0.2, 0.25) is 0 Å². The molecule has 0 saturated heterocycles. The first-order valence-corrected chi connectivity index (χ1v) is 9.85. The second kappa shape index (κ2) is 9.78. The number of carbonyl (C=O) groups is 1. The number of nitriles is 1. The summed E-state index contributed by atoms with van der Waals surface area (Å²) >= 11 is 3.38. The van der Waals surface area contributed by atoms with Crippen LogP contribution in [0.25, 0.3) is 6.08 Å². The van der Waals surface area contributed by atoms with Crippen molar-refractivity contribution >= 4 is 39.3 Å². The van der Waals surface area contributed by atoms with Gasteiger partial charge in [0.05, 0.1) is 4.92 Å². The molecular formula is C23H15BrFN3O3. The van der Waals surface area contributed by atoms with E-state index in [1.54, 1.807) is 18.2 Å². The minimum Gasteiger partial charge on any atom is -0.321 e. The molecule has 0 fully saturated rings. The van der Waals surface area contributed by atoms with Crippen molar-refractivity contribution < 1.29 is 14.1 Å². The normalized spacial score (nSPS) is 10.9. The number of non-ortho nitro benzene ring substituents is 1. The third-order valence-electron chi connectivity index (χ3n) is 4.37. The number of nitrogens with one attached hydrogen (secondary N) is 1. The molecule has 0 saturated carbocycles. The number of hydrogen-bond acceptors (Lipinski definition) is 4. The number of halogens is 2. The van der Waals surface area contributed by atoms with Crippen LogP contribution in [-0.2, 0) is 11.2 Å². The Labute approximate surface area is 185 Å². The molecule has 1 N–H and O–H groups in total. The topological polar surface area (TPSA) is 96.0 Å². The molecule has 0 heterocycles. The Morgan fingerprint density at radius 3 is 2.65 bits per heavy atom. The van der Waals surface area contributed by atoms with Gasteiger partial charge in [-0.1, -0.05) is 40.2 Å². The lowest BCUT2D eigenvalue weighted by atomic mass is 9.98. The van der Waals surface area contributed by atoms with E-state index in [0.717, 1.165) is 15.6 Å². The Hall–Kier alpha value is -3.83. The lowest BCUT2D eigenvalue weighted by Crippen LogP contribution is -2.13. The Balaban J connectivity index is 1.90. The third-order valence-corrected chi connectivity index (χ3v) is 4.86. The summed E-state index contributed by atoms with van der Waals surface area (Å²) in [6.07, 6.45) is 1.84. The summed E-state index contributed by atoms with van der Waals surface area (Å²) in [4.78, 5) is 22.9. The number of nitro groups is 1. The molecule has 0 aliphatic rings. The fourth-order valence-electron chi connectivity index (χ4n) is 2.93. The predicted molar refractivity (Wildman–Crippen MR) is 119 cm³/mol. The van der Waals surface area contributed by atoms with Gasteiger partial charge in [-0.25, -0.2) is 4.39 Å². The molecule has 3 aromatic carbocycles. The van der Waals surface area contributed by atoms with Crippen LogP contribution < -0.4 is 5.32 Å². The molecule has 0 aromatic heterocycles. The SMILES string of the molecule is N#C/C(=C\c1cc(Br)ccc1Cc1cccc(F)c1)C(=O)Nc1cccc([N+](=O)[O-])c1. The summed E-state index contributed by atoms with van der Waals surface area (Å²) in [6.45, 7) is 0. The van der Waals surface area contributed by atoms with Crippen LogP contribution in [0, 0.1) is 27.3 Å². The summed E-state index contributed by atoms with van der Waals surface area (Å²) in [6, 6.07) is 18.9. The van der Waals surface area contributed by atoms with Crippen molar-refractivity contribution in [3.8, 4) is 6.07 Å². The maximum atomic E-state index is 13.5. The van der Waals surface area contributed by atoms with Crippen LogP contribution in [0.4, 0.5) is 15.8 Å². The van der Waals surface area contributed by atoms with Crippen LogP contribution in [0.15, 0.2) is 76.8 Å². The van der Waals surface area contributed by atoms with Gasteiger partial charge in [0, 0.05) is 22.3 Å². The van der Waals surface area contributed by atoms with Crippen molar-refractivity contribution in [2.75, 3.05) is 5.32 Å². The maximum absolute atomic E-state index is 13.5. The van der Waals surface area contributed by atoms with E-state index >= 15 is 0 Å². The Kier molecular flexibility index (Phi) is 6.90. The molecule has 6 nitrogen and oxygen atoms in total.